The summed E-state index contributed by atoms with van der Waals surface area (Å²) in [6.07, 6.45) is 0. The smallest absolute Gasteiger partial charge is 0.308 e. The van der Waals surface area contributed by atoms with Gasteiger partial charge in [0.2, 0.25) is 0 Å². The molecule has 3 aromatic carbocycles. The number of hydrogen-bond acceptors (Lipinski definition) is 2. The summed E-state index contributed by atoms with van der Waals surface area (Å²) >= 11 is 12.1. The van der Waals surface area contributed by atoms with Gasteiger partial charge in [-0.15, -0.1) is 0 Å². The van der Waals surface area contributed by atoms with Crippen LogP contribution in [-0.2, 0) is 0 Å². The van der Waals surface area contributed by atoms with Crippen LogP contribution in [0.3, 0.4) is 0 Å². The molecule has 0 saturated carbocycles. The summed E-state index contributed by atoms with van der Waals surface area (Å²) in [7, 11) is 0. The van der Waals surface area contributed by atoms with E-state index in [0.717, 1.165) is 0 Å². The van der Waals surface area contributed by atoms with Gasteiger partial charge < -0.3 is 10.6 Å². The number of para-hydroxylation sites is 1. The summed E-state index contributed by atoms with van der Waals surface area (Å²) < 4.78 is 0. The summed E-state index contributed by atoms with van der Waals surface area (Å²) in [5.41, 5.74) is 2.02. The van der Waals surface area contributed by atoms with Gasteiger partial charge in [0.1, 0.15) is 0 Å². The number of amides is 2. The molecule has 0 radical (unpaired) electrons. The number of carbonyl (C=O) groups is 2. The first-order chi connectivity index (χ1) is 12.5. The maximum absolute atomic E-state index is 12.4. The summed E-state index contributed by atoms with van der Waals surface area (Å²) in [5.74, 6) is -0.0792. The van der Waals surface area contributed by atoms with Crippen molar-refractivity contribution in [3.63, 3.8) is 0 Å². The lowest BCUT2D eigenvalue weighted by Gasteiger charge is -2.11. The number of ketones is 1. The Balaban J connectivity index is 1.68. The van der Waals surface area contributed by atoms with Crippen molar-refractivity contribution in [3.8, 4) is 0 Å². The Morgan fingerprint density at radius 1 is 0.654 bits per heavy atom. The minimum absolute atomic E-state index is 0.0792. The van der Waals surface area contributed by atoms with Crippen LogP contribution in [0, 0.1) is 0 Å². The first-order valence-electron chi connectivity index (χ1n) is 7.76. The molecule has 2 N–H and O–H groups in total. The van der Waals surface area contributed by atoms with E-state index in [1.807, 2.05) is 18.2 Å². The second-order valence-corrected chi connectivity index (χ2v) is 6.26. The average molecular weight is 385 g/mol. The number of nitrogens with one attached hydrogen (secondary N) is 2. The van der Waals surface area contributed by atoms with Crippen molar-refractivity contribution >= 4 is 46.4 Å². The Bertz CT molecular complexity index is 922. The molecule has 26 heavy (non-hydrogen) atoms. The molecule has 0 spiro atoms. The van der Waals surface area contributed by atoms with Gasteiger partial charge in [-0.1, -0.05) is 59.6 Å². The molecule has 0 atom stereocenters. The van der Waals surface area contributed by atoms with Gasteiger partial charge in [-0.25, -0.2) is 4.79 Å². The van der Waals surface area contributed by atoms with Crippen molar-refractivity contribution in [2.24, 2.45) is 0 Å². The molecule has 0 heterocycles. The Morgan fingerprint density at radius 2 is 1.23 bits per heavy atom. The topological polar surface area (TPSA) is 58.2 Å². The number of anilines is 2. The van der Waals surface area contributed by atoms with Crippen LogP contribution < -0.4 is 10.6 Å². The molecule has 3 aromatic rings. The molecule has 0 aliphatic carbocycles. The number of carbonyl (C=O) groups excluding carboxylic acids is 2. The van der Waals surface area contributed by atoms with Gasteiger partial charge >= 0.3 is 6.03 Å². The zero-order valence-electron chi connectivity index (χ0n) is 13.5. The number of urea groups is 1. The minimum Gasteiger partial charge on any atom is -0.308 e. The Morgan fingerprint density at radius 3 is 1.85 bits per heavy atom. The van der Waals surface area contributed by atoms with E-state index in [1.165, 1.54) is 0 Å². The van der Waals surface area contributed by atoms with Gasteiger partial charge in [0.15, 0.2) is 5.78 Å². The largest absolute Gasteiger partial charge is 0.323 e. The van der Waals surface area contributed by atoms with E-state index in [1.54, 1.807) is 54.6 Å². The average Bonchev–Trinajstić information content (AvgIpc) is 2.66. The molecule has 0 aromatic heterocycles. The molecular weight excluding hydrogens is 371 g/mol. The lowest BCUT2D eigenvalue weighted by molar-refractivity contribution is 0.103. The molecular formula is C20H14Cl2N2O2. The van der Waals surface area contributed by atoms with Crippen LogP contribution in [0.15, 0.2) is 72.8 Å². The highest BCUT2D eigenvalue weighted by molar-refractivity contribution is 6.39. The highest BCUT2D eigenvalue weighted by atomic mass is 35.5. The van der Waals surface area contributed by atoms with Crippen molar-refractivity contribution < 1.29 is 9.59 Å². The zero-order chi connectivity index (χ0) is 18.5. The number of halogens is 2. The van der Waals surface area contributed by atoms with Crippen LogP contribution in [-0.4, -0.2) is 11.8 Å². The number of rotatable bonds is 4. The third-order valence-corrected chi connectivity index (χ3v) is 4.27. The summed E-state index contributed by atoms with van der Waals surface area (Å²) in [4.78, 5) is 24.5. The predicted molar refractivity (Wildman–Crippen MR) is 105 cm³/mol. The molecule has 130 valence electrons. The second kappa shape index (κ2) is 8.04. The van der Waals surface area contributed by atoms with Crippen LogP contribution in [0.1, 0.15) is 15.9 Å². The molecule has 0 aliphatic heterocycles. The van der Waals surface area contributed by atoms with Crippen LogP contribution in [0.5, 0.6) is 0 Å². The van der Waals surface area contributed by atoms with Gasteiger partial charge in [0.25, 0.3) is 0 Å². The minimum atomic E-state index is -0.484. The van der Waals surface area contributed by atoms with E-state index >= 15 is 0 Å². The van der Waals surface area contributed by atoms with Crippen molar-refractivity contribution in [2.75, 3.05) is 10.6 Å². The third-order valence-electron chi connectivity index (χ3n) is 3.64. The fourth-order valence-corrected chi connectivity index (χ4v) is 2.85. The van der Waals surface area contributed by atoms with E-state index in [4.69, 9.17) is 23.2 Å². The summed E-state index contributed by atoms with van der Waals surface area (Å²) in [5, 5.41) is 5.97. The van der Waals surface area contributed by atoms with E-state index in [2.05, 4.69) is 10.6 Å². The molecule has 0 saturated heterocycles. The van der Waals surface area contributed by atoms with Crippen LogP contribution in [0.4, 0.5) is 16.2 Å². The molecule has 0 bridgehead atoms. The molecule has 2 amide bonds. The molecule has 0 unspecified atom stereocenters. The quantitative estimate of drug-likeness (QED) is 0.552. The van der Waals surface area contributed by atoms with Crippen molar-refractivity contribution in [3.05, 3.63) is 94.0 Å². The molecule has 3 rings (SSSR count). The van der Waals surface area contributed by atoms with Crippen molar-refractivity contribution in [2.45, 2.75) is 0 Å². The fourth-order valence-electron chi connectivity index (χ4n) is 2.35. The second-order valence-electron chi connectivity index (χ2n) is 5.45. The first-order valence-corrected chi connectivity index (χ1v) is 8.52. The SMILES string of the molecule is O=C(Nc1ccc(C(=O)c2ccccc2)cc1)Nc1c(Cl)cccc1Cl. The molecule has 0 aliphatic rings. The lowest BCUT2D eigenvalue weighted by Crippen LogP contribution is -2.19. The Labute approximate surface area is 160 Å². The van der Waals surface area contributed by atoms with E-state index in [9.17, 15) is 9.59 Å². The number of hydrogen-bond donors (Lipinski definition) is 2. The maximum Gasteiger partial charge on any atom is 0.323 e. The van der Waals surface area contributed by atoms with Crippen molar-refractivity contribution in [1.82, 2.24) is 0 Å². The molecule has 6 heteroatoms. The van der Waals surface area contributed by atoms with Gasteiger partial charge in [0.05, 0.1) is 15.7 Å². The van der Waals surface area contributed by atoms with Gasteiger partial charge in [0, 0.05) is 16.8 Å². The van der Waals surface area contributed by atoms with E-state index in [-0.39, 0.29) is 5.78 Å². The first kappa shape index (κ1) is 18.0. The Kier molecular flexibility index (Phi) is 5.56. The standard InChI is InChI=1S/C20H14Cl2N2O2/c21-16-7-4-8-17(22)18(16)24-20(26)23-15-11-9-14(10-12-15)19(25)13-5-2-1-3-6-13/h1-12H,(H2,23,24,26). The van der Waals surface area contributed by atoms with Gasteiger partial charge in [-0.05, 0) is 36.4 Å². The predicted octanol–water partition coefficient (Wildman–Crippen LogP) is 5.87. The van der Waals surface area contributed by atoms with Gasteiger partial charge in [-0.2, -0.15) is 0 Å². The molecule has 0 fully saturated rings. The van der Waals surface area contributed by atoms with Crippen LogP contribution in [0.25, 0.3) is 0 Å². The monoisotopic (exact) mass is 384 g/mol. The normalized spacial score (nSPS) is 10.2. The lowest BCUT2D eigenvalue weighted by atomic mass is 10.0. The highest BCUT2D eigenvalue weighted by Gasteiger charge is 2.11. The zero-order valence-corrected chi connectivity index (χ0v) is 15.0. The fraction of sp³-hybridized carbons (Fsp3) is 0. The molecule has 4 nitrogen and oxygen atoms in total. The van der Waals surface area contributed by atoms with E-state index < -0.39 is 6.03 Å². The van der Waals surface area contributed by atoms with Crippen LogP contribution in [0.2, 0.25) is 10.0 Å². The highest BCUT2D eigenvalue weighted by Crippen LogP contribution is 2.29. The number of benzene rings is 3. The summed E-state index contributed by atoms with van der Waals surface area (Å²) in [6.45, 7) is 0. The van der Waals surface area contributed by atoms with E-state index in [0.29, 0.717) is 32.5 Å². The summed E-state index contributed by atoms with van der Waals surface area (Å²) in [6, 6.07) is 20.1. The maximum atomic E-state index is 12.4. The van der Waals surface area contributed by atoms with Crippen molar-refractivity contribution in [1.29, 1.82) is 0 Å². The Hall–Kier alpha value is -2.82. The van der Waals surface area contributed by atoms with Crippen LogP contribution >= 0.6 is 23.2 Å². The third kappa shape index (κ3) is 4.23. The van der Waals surface area contributed by atoms with Gasteiger partial charge in [-0.3, -0.25) is 4.79 Å².